The maximum absolute atomic E-state index is 6.06. The molecule has 1 aliphatic heterocycles. The summed E-state index contributed by atoms with van der Waals surface area (Å²) < 4.78 is 0. The topological polar surface area (TPSA) is 26.0 Å². The van der Waals surface area contributed by atoms with Gasteiger partial charge in [-0.3, -0.25) is 0 Å². The Kier molecular flexibility index (Phi) is 4.70. The van der Waals surface area contributed by atoms with E-state index in [9.17, 15) is 0 Å². The van der Waals surface area contributed by atoms with Crippen molar-refractivity contribution in [3.05, 3.63) is 12.7 Å². The van der Waals surface area contributed by atoms with Crippen LogP contribution in [0.5, 0.6) is 0 Å². The summed E-state index contributed by atoms with van der Waals surface area (Å²) in [4.78, 5) is 0. The molecule has 0 spiro atoms. The van der Waals surface area contributed by atoms with Crippen LogP contribution in [-0.2, 0) is 0 Å². The van der Waals surface area contributed by atoms with Crippen molar-refractivity contribution in [1.29, 1.82) is 0 Å². The van der Waals surface area contributed by atoms with Crippen molar-refractivity contribution in [2.24, 2.45) is 5.73 Å². The molecule has 1 fully saturated rings. The lowest BCUT2D eigenvalue weighted by atomic mass is 10.1. The number of hydrogen-bond acceptors (Lipinski definition) is 3. The molecular weight excluding hydrogens is 198 g/mol. The molecule has 1 saturated heterocycles. The predicted molar refractivity (Wildman–Crippen MR) is 65.6 cm³/mol. The van der Waals surface area contributed by atoms with Gasteiger partial charge in [0.2, 0.25) is 0 Å². The van der Waals surface area contributed by atoms with Gasteiger partial charge in [-0.25, -0.2) is 0 Å². The molecule has 1 heterocycles. The van der Waals surface area contributed by atoms with Crippen LogP contribution in [-0.4, -0.2) is 27.5 Å². The number of hydrogen-bond donors (Lipinski definition) is 1. The first-order valence-corrected chi connectivity index (χ1v) is 6.78. The summed E-state index contributed by atoms with van der Waals surface area (Å²) in [6.07, 6.45) is 2.87. The Morgan fingerprint density at radius 2 is 2.23 bits per heavy atom. The van der Waals surface area contributed by atoms with Gasteiger partial charge in [0.1, 0.15) is 0 Å². The zero-order chi connectivity index (χ0) is 9.84. The lowest BCUT2D eigenvalue weighted by Crippen LogP contribution is -2.39. The average molecular weight is 217 g/mol. The Morgan fingerprint density at radius 3 is 2.77 bits per heavy atom. The Labute approximate surface area is 89.9 Å². The highest BCUT2D eigenvalue weighted by molar-refractivity contribution is 8.07. The van der Waals surface area contributed by atoms with Crippen molar-refractivity contribution in [2.75, 3.05) is 5.75 Å². The summed E-state index contributed by atoms with van der Waals surface area (Å²) in [5.41, 5.74) is 6.06. The van der Waals surface area contributed by atoms with E-state index in [-0.39, 0.29) is 0 Å². The van der Waals surface area contributed by atoms with Gasteiger partial charge in [-0.05, 0) is 6.42 Å². The minimum absolute atomic E-state index is 0.296. The van der Waals surface area contributed by atoms with E-state index < -0.39 is 0 Å². The van der Waals surface area contributed by atoms with Crippen LogP contribution in [0.3, 0.4) is 0 Å². The van der Waals surface area contributed by atoms with Gasteiger partial charge in [-0.2, -0.15) is 23.5 Å². The molecule has 0 aromatic heterocycles. The third kappa shape index (κ3) is 3.22. The Hall–Kier alpha value is 0.400. The van der Waals surface area contributed by atoms with Gasteiger partial charge in [-0.15, -0.1) is 6.58 Å². The SMILES string of the molecule is C=CCC(N)C1CSC(C)C(C)S1. The Morgan fingerprint density at radius 1 is 1.54 bits per heavy atom. The normalized spacial score (nSPS) is 37.0. The quantitative estimate of drug-likeness (QED) is 0.736. The molecule has 76 valence electrons. The minimum Gasteiger partial charge on any atom is -0.326 e. The first-order valence-electron chi connectivity index (χ1n) is 4.78. The van der Waals surface area contributed by atoms with Crippen LogP contribution in [0.4, 0.5) is 0 Å². The van der Waals surface area contributed by atoms with E-state index in [4.69, 9.17) is 5.73 Å². The summed E-state index contributed by atoms with van der Waals surface area (Å²) in [5.74, 6) is 1.20. The molecule has 0 aromatic rings. The van der Waals surface area contributed by atoms with E-state index in [1.165, 1.54) is 5.75 Å². The third-order valence-corrected chi connectivity index (χ3v) is 6.06. The molecule has 3 heteroatoms. The van der Waals surface area contributed by atoms with Crippen molar-refractivity contribution >= 4 is 23.5 Å². The number of rotatable bonds is 3. The van der Waals surface area contributed by atoms with Gasteiger partial charge >= 0.3 is 0 Å². The fourth-order valence-corrected chi connectivity index (χ4v) is 4.45. The van der Waals surface area contributed by atoms with E-state index in [2.05, 4.69) is 32.2 Å². The van der Waals surface area contributed by atoms with E-state index in [1.807, 2.05) is 17.8 Å². The molecule has 0 saturated carbocycles. The first-order chi connectivity index (χ1) is 6.15. The Balaban J connectivity index is 2.40. The van der Waals surface area contributed by atoms with Crippen LogP contribution in [0, 0.1) is 0 Å². The highest BCUT2D eigenvalue weighted by atomic mass is 32.2. The van der Waals surface area contributed by atoms with Crippen molar-refractivity contribution in [3.8, 4) is 0 Å². The zero-order valence-electron chi connectivity index (χ0n) is 8.40. The first kappa shape index (κ1) is 11.5. The summed E-state index contributed by atoms with van der Waals surface area (Å²) in [5, 5.41) is 2.13. The summed E-state index contributed by atoms with van der Waals surface area (Å²) in [6.45, 7) is 8.34. The van der Waals surface area contributed by atoms with Crippen LogP contribution >= 0.6 is 23.5 Å². The van der Waals surface area contributed by atoms with Gasteiger partial charge in [0, 0.05) is 27.5 Å². The van der Waals surface area contributed by atoms with Gasteiger partial charge in [0.05, 0.1) is 0 Å². The molecular formula is C10H19NS2. The van der Waals surface area contributed by atoms with Crippen molar-refractivity contribution in [3.63, 3.8) is 0 Å². The van der Waals surface area contributed by atoms with Crippen molar-refractivity contribution in [1.82, 2.24) is 0 Å². The molecule has 0 aromatic carbocycles. The third-order valence-electron chi connectivity index (χ3n) is 2.49. The second kappa shape index (κ2) is 5.32. The van der Waals surface area contributed by atoms with Gasteiger partial charge in [0.15, 0.2) is 0 Å². The maximum atomic E-state index is 6.06. The molecule has 4 unspecified atom stereocenters. The largest absolute Gasteiger partial charge is 0.326 e. The molecule has 0 amide bonds. The second-order valence-electron chi connectivity index (χ2n) is 3.61. The lowest BCUT2D eigenvalue weighted by Gasteiger charge is -2.34. The average Bonchev–Trinajstić information content (AvgIpc) is 2.10. The summed E-state index contributed by atoms with van der Waals surface area (Å²) in [6, 6.07) is 0.296. The van der Waals surface area contributed by atoms with E-state index >= 15 is 0 Å². The smallest absolute Gasteiger partial charge is 0.0295 e. The van der Waals surface area contributed by atoms with Gasteiger partial charge in [-0.1, -0.05) is 19.9 Å². The highest BCUT2D eigenvalue weighted by Gasteiger charge is 2.28. The summed E-state index contributed by atoms with van der Waals surface area (Å²) >= 11 is 4.10. The standard InChI is InChI=1S/C10H19NS2/c1-4-5-9(11)10-6-12-7(2)8(3)13-10/h4,7-10H,1,5-6,11H2,2-3H3. The molecule has 1 rings (SSSR count). The van der Waals surface area contributed by atoms with E-state index in [1.54, 1.807) is 0 Å². The fraction of sp³-hybridized carbons (Fsp3) is 0.800. The van der Waals surface area contributed by atoms with Crippen LogP contribution in [0.2, 0.25) is 0 Å². The highest BCUT2D eigenvalue weighted by Crippen LogP contribution is 2.37. The van der Waals surface area contributed by atoms with Crippen LogP contribution in [0.1, 0.15) is 20.3 Å². The van der Waals surface area contributed by atoms with Gasteiger partial charge < -0.3 is 5.73 Å². The molecule has 1 nitrogen and oxygen atoms in total. The maximum Gasteiger partial charge on any atom is 0.0295 e. The van der Waals surface area contributed by atoms with Crippen LogP contribution < -0.4 is 5.73 Å². The zero-order valence-corrected chi connectivity index (χ0v) is 10.0. The molecule has 0 radical (unpaired) electrons. The summed E-state index contributed by atoms with van der Waals surface area (Å²) in [7, 11) is 0. The minimum atomic E-state index is 0.296. The Bertz CT molecular complexity index is 172. The van der Waals surface area contributed by atoms with Crippen molar-refractivity contribution in [2.45, 2.75) is 42.1 Å². The number of nitrogens with two attached hydrogens (primary N) is 1. The van der Waals surface area contributed by atoms with Crippen LogP contribution in [0.25, 0.3) is 0 Å². The predicted octanol–water partition coefficient (Wildman–Crippen LogP) is 2.52. The monoisotopic (exact) mass is 217 g/mol. The molecule has 0 aliphatic carbocycles. The molecule has 13 heavy (non-hydrogen) atoms. The molecule has 4 atom stereocenters. The second-order valence-corrected chi connectivity index (χ2v) is 6.64. The lowest BCUT2D eigenvalue weighted by molar-refractivity contribution is 0.670. The fourth-order valence-electron chi connectivity index (χ4n) is 1.38. The number of thioether (sulfide) groups is 2. The van der Waals surface area contributed by atoms with E-state index in [0.717, 1.165) is 16.9 Å². The van der Waals surface area contributed by atoms with Crippen LogP contribution in [0.15, 0.2) is 12.7 Å². The van der Waals surface area contributed by atoms with E-state index in [0.29, 0.717) is 11.3 Å². The van der Waals surface area contributed by atoms with Crippen molar-refractivity contribution < 1.29 is 0 Å². The molecule has 1 aliphatic rings. The molecule has 2 N–H and O–H groups in total. The van der Waals surface area contributed by atoms with Gasteiger partial charge in [0.25, 0.3) is 0 Å². The molecule has 0 bridgehead atoms.